The van der Waals surface area contributed by atoms with E-state index in [1.807, 2.05) is 35.0 Å². The number of nitrogens with one attached hydrogen (secondary N) is 1. The van der Waals surface area contributed by atoms with Gasteiger partial charge in [-0.3, -0.25) is 24.1 Å². The molecule has 3 fully saturated rings. The van der Waals surface area contributed by atoms with Crippen molar-refractivity contribution < 1.29 is 23.9 Å². The van der Waals surface area contributed by atoms with E-state index in [2.05, 4.69) is 5.32 Å². The Bertz CT molecular complexity index is 1190. The molecule has 1 aromatic carbocycles. The zero-order valence-corrected chi connectivity index (χ0v) is 20.2. The third-order valence-corrected chi connectivity index (χ3v) is 7.58. The largest absolute Gasteiger partial charge is 0.378 e. The molecule has 0 atom stereocenters. The summed E-state index contributed by atoms with van der Waals surface area (Å²) < 4.78 is 7.13. The van der Waals surface area contributed by atoms with Gasteiger partial charge in [0.05, 0.1) is 18.1 Å². The Hall–Kier alpha value is -3.11. The number of nitrogens with zero attached hydrogens (tertiary/aromatic N) is 3. The third kappa shape index (κ3) is 5.13. The number of hydrogen-bond acceptors (Lipinski definition) is 6. The van der Waals surface area contributed by atoms with E-state index >= 15 is 0 Å². The summed E-state index contributed by atoms with van der Waals surface area (Å²) in [5, 5.41) is 3.54. The number of benzene rings is 1. The number of carbonyl (C=O) groups is 4. The average Bonchev–Trinajstić information content (AvgIpc) is 3.56. The maximum atomic E-state index is 13.0. The number of fused-ring (bicyclic) bond motifs is 1. The van der Waals surface area contributed by atoms with Crippen molar-refractivity contribution in [3.8, 4) is 0 Å². The highest BCUT2D eigenvalue weighted by Crippen LogP contribution is 2.34. The van der Waals surface area contributed by atoms with Gasteiger partial charge in [-0.15, -0.1) is 0 Å². The van der Waals surface area contributed by atoms with E-state index in [1.165, 1.54) is 0 Å². The van der Waals surface area contributed by atoms with Crippen LogP contribution in [0.3, 0.4) is 0 Å². The van der Waals surface area contributed by atoms with E-state index in [4.69, 9.17) is 4.74 Å². The summed E-state index contributed by atoms with van der Waals surface area (Å²) in [6.45, 7) is 1.73. The fourth-order valence-corrected chi connectivity index (χ4v) is 5.67. The number of hydrogen-bond donors (Lipinski definition) is 1. The van der Waals surface area contributed by atoms with E-state index < -0.39 is 11.1 Å². The summed E-state index contributed by atoms with van der Waals surface area (Å²) in [6.07, 6.45) is 7.85. The molecule has 1 aromatic heterocycles. The normalized spacial score (nSPS) is 20.4. The highest BCUT2D eigenvalue weighted by atomic mass is 32.2. The summed E-state index contributed by atoms with van der Waals surface area (Å²) in [7, 11) is 0. The van der Waals surface area contributed by atoms with Crippen LogP contribution in [0, 0.1) is 0 Å². The second-order valence-electron chi connectivity index (χ2n) is 9.04. The third-order valence-electron chi connectivity index (χ3n) is 6.67. The Morgan fingerprint density at radius 3 is 2.60 bits per heavy atom. The molecule has 0 spiro atoms. The van der Waals surface area contributed by atoms with Crippen LogP contribution in [0.2, 0.25) is 0 Å². The molecular weight excluding hydrogens is 468 g/mol. The molecule has 4 amide bonds. The number of ether oxygens (including phenoxy) is 1. The van der Waals surface area contributed by atoms with E-state index in [0.29, 0.717) is 26.3 Å². The van der Waals surface area contributed by atoms with E-state index in [0.717, 1.165) is 58.8 Å². The first-order chi connectivity index (χ1) is 17.0. The average molecular weight is 497 g/mol. The van der Waals surface area contributed by atoms with Crippen LogP contribution < -0.4 is 5.32 Å². The van der Waals surface area contributed by atoms with Crippen LogP contribution in [0.15, 0.2) is 35.4 Å². The summed E-state index contributed by atoms with van der Waals surface area (Å²) in [5.74, 6) is -0.773. The first kappa shape index (κ1) is 23.6. The minimum absolute atomic E-state index is 0.0360. The van der Waals surface area contributed by atoms with Gasteiger partial charge in [0, 0.05) is 41.8 Å². The first-order valence-corrected chi connectivity index (χ1v) is 12.8. The van der Waals surface area contributed by atoms with Gasteiger partial charge in [-0.1, -0.05) is 31.0 Å². The molecule has 5 rings (SSSR count). The first-order valence-electron chi connectivity index (χ1n) is 12.0. The molecule has 10 heteroatoms. The molecule has 0 unspecified atom stereocenters. The summed E-state index contributed by atoms with van der Waals surface area (Å²) in [4.78, 5) is 53.6. The van der Waals surface area contributed by atoms with Gasteiger partial charge in [-0.05, 0) is 36.7 Å². The van der Waals surface area contributed by atoms with Crippen molar-refractivity contribution in [2.75, 3.05) is 32.8 Å². The van der Waals surface area contributed by atoms with E-state index in [-0.39, 0.29) is 35.9 Å². The van der Waals surface area contributed by atoms with Crippen LogP contribution >= 0.6 is 11.8 Å². The minimum Gasteiger partial charge on any atom is -0.378 e. The topological polar surface area (TPSA) is 101 Å². The van der Waals surface area contributed by atoms with Gasteiger partial charge < -0.3 is 19.5 Å². The Morgan fingerprint density at radius 1 is 1.09 bits per heavy atom. The Balaban J connectivity index is 1.33. The quantitative estimate of drug-likeness (QED) is 0.617. The summed E-state index contributed by atoms with van der Waals surface area (Å²) in [5.41, 5.74) is 1.63. The number of thioether (sulfide) groups is 1. The smallest absolute Gasteiger partial charge is 0.294 e. The van der Waals surface area contributed by atoms with Crippen molar-refractivity contribution in [2.45, 2.75) is 38.3 Å². The van der Waals surface area contributed by atoms with Crippen molar-refractivity contribution >= 4 is 51.7 Å². The van der Waals surface area contributed by atoms with Crippen molar-refractivity contribution in [2.24, 2.45) is 0 Å². The van der Waals surface area contributed by atoms with Gasteiger partial charge in [-0.25, -0.2) is 0 Å². The van der Waals surface area contributed by atoms with Crippen molar-refractivity contribution in [3.05, 3.63) is 40.9 Å². The number of rotatable bonds is 6. The molecule has 9 nitrogen and oxygen atoms in total. The second kappa shape index (κ2) is 10.2. The number of morpholine rings is 1. The standard InChI is InChI=1S/C25H28N4O5S/c30-22(26-18-5-1-2-6-18)15-28-14-17(19-7-3-4-8-20(19)28)13-21-24(32)29(25(33)35-21)16-23(31)27-9-11-34-12-10-27/h3-4,7-8,13-14,18H,1-2,5-6,9-12,15-16H2,(H,26,30)/b21-13-. The van der Waals surface area contributed by atoms with Crippen molar-refractivity contribution in [1.82, 2.24) is 19.7 Å². The molecule has 1 saturated carbocycles. The fourth-order valence-electron chi connectivity index (χ4n) is 4.84. The summed E-state index contributed by atoms with van der Waals surface area (Å²) in [6, 6.07) is 7.91. The molecule has 0 bridgehead atoms. The maximum absolute atomic E-state index is 13.0. The molecule has 3 heterocycles. The zero-order chi connectivity index (χ0) is 24.4. The van der Waals surface area contributed by atoms with Crippen LogP contribution in [-0.4, -0.2) is 76.2 Å². The lowest BCUT2D eigenvalue weighted by molar-refractivity contribution is -0.139. The molecule has 0 radical (unpaired) electrons. The number of imide groups is 1. The van der Waals surface area contributed by atoms with E-state index in [1.54, 1.807) is 11.0 Å². The molecule has 3 aliphatic rings. The number of para-hydroxylation sites is 1. The molecule has 2 saturated heterocycles. The molecule has 1 N–H and O–H groups in total. The number of aromatic nitrogens is 1. The Labute approximate surface area is 207 Å². The van der Waals surface area contributed by atoms with Gasteiger partial charge in [0.25, 0.3) is 11.1 Å². The molecule has 2 aromatic rings. The summed E-state index contributed by atoms with van der Waals surface area (Å²) >= 11 is 0.833. The SMILES string of the molecule is O=C(Cn1cc(/C=C2\SC(=O)N(CC(=O)N3CCOCC3)C2=O)c2ccccc21)NC1CCCC1. The number of amides is 4. The minimum atomic E-state index is -0.475. The lowest BCUT2D eigenvalue weighted by Crippen LogP contribution is -2.46. The van der Waals surface area contributed by atoms with Gasteiger partial charge in [0.2, 0.25) is 11.8 Å². The predicted molar refractivity (Wildman–Crippen MR) is 132 cm³/mol. The zero-order valence-electron chi connectivity index (χ0n) is 19.4. The van der Waals surface area contributed by atoms with Crippen LogP contribution in [0.5, 0.6) is 0 Å². The Kier molecular flexibility index (Phi) is 6.92. The maximum Gasteiger partial charge on any atom is 0.294 e. The van der Waals surface area contributed by atoms with E-state index in [9.17, 15) is 19.2 Å². The highest BCUT2D eigenvalue weighted by Gasteiger charge is 2.37. The Morgan fingerprint density at radius 2 is 1.83 bits per heavy atom. The van der Waals surface area contributed by atoms with Gasteiger partial charge in [0.1, 0.15) is 13.1 Å². The predicted octanol–water partition coefficient (Wildman–Crippen LogP) is 2.60. The van der Waals surface area contributed by atoms with Gasteiger partial charge in [-0.2, -0.15) is 0 Å². The molecule has 35 heavy (non-hydrogen) atoms. The van der Waals surface area contributed by atoms with Crippen LogP contribution in [0.1, 0.15) is 31.2 Å². The highest BCUT2D eigenvalue weighted by molar-refractivity contribution is 8.18. The lowest BCUT2D eigenvalue weighted by atomic mass is 10.1. The van der Waals surface area contributed by atoms with Crippen LogP contribution in [0.25, 0.3) is 17.0 Å². The molecule has 2 aliphatic heterocycles. The lowest BCUT2D eigenvalue weighted by Gasteiger charge is -2.28. The fraction of sp³-hybridized carbons (Fsp3) is 0.440. The van der Waals surface area contributed by atoms with Gasteiger partial charge in [0.15, 0.2) is 0 Å². The van der Waals surface area contributed by atoms with Crippen molar-refractivity contribution in [1.29, 1.82) is 0 Å². The number of carbonyl (C=O) groups excluding carboxylic acids is 4. The molecule has 1 aliphatic carbocycles. The van der Waals surface area contributed by atoms with Crippen LogP contribution in [-0.2, 0) is 25.7 Å². The molecule has 184 valence electrons. The second-order valence-corrected chi connectivity index (χ2v) is 10.0. The molecular formula is C25H28N4O5S. The monoisotopic (exact) mass is 496 g/mol. The van der Waals surface area contributed by atoms with Gasteiger partial charge >= 0.3 is 0 Å². The van der Waals surface area contributed by atoms with Crippen molar-refractivity contribution in [3.63, 3.8) is 0 Å². The van der Waals surface area contributed by atoms with Crippen LogP contribution in [0.4, 0.5) is 4.79 Å².